The Morgan fingerprint density at radius 1 is 1.25 bits per heavy atom. The van der Waals surface area contributed by atoms with Gasteiger partial charge in [-0.25, -0.2) is 9.97 Å². The SMILES string of the molecule is N#Cc1cccc(CSc2nc(N)c3c4c(sc3n2)CCCC4)c1. The number of aryl methyl sites for hydroxylation is 2. The van der Waals surface area contributed by atoms with Crippen LogP contribution in [-0.4, -0.2) is 9.97 Å². The second-order valence-corrected chi connectivity index (χ2v) is 7.91. The number of aromatic nitrogens is 2. The predicted molar refractivity (Wildman–Crippen MR) is 99.2 cm³/mol. The van der Waals surface area contributed by atoms with Gasteiger partial charge in [-0.05, 0) is 48.9 Å². The second kappa shape index (κ2) is 6.42. The van der Waals surface area contributed by atoms with E-state index < -0.39 is 0 Å². The molecule has 24 heavy (non-hydrogen) atoms. The van der Waals surface area contributed by atoms with Crippen LogP contribution in [0.1, 0.15) is 34.4 Å². The van der Waals surface area contributed by atoms with Crippen molar-refractivity contribution in [2.75, 3.05) is 5.73 Å². The fraction of sp³-hybridized carbons (Fsp3) is 0.278. The van der Waals surface area contributed by atoms with Gasteiger partial charge in [0.2, 0.25) is 0 Å². The summed E-state index contributed by atoms with van der Waals surface area (Å²) < 4.78 is 0. The largest absolute Gasteiger partial charge is 0.383 e. The number of anilines is 1. The Labute approximate surface area is 148 Å². The summed E-state index contributed by atoms with van der Waals surface area (Å²) in [5.41, 5.74) is 9.38. The van der Waals surface area contributed by atoms with Crippen molar-refractivity contribution in [1.82, 2.24) is 9.97 Å². The van der Waals surface area contributed by atoms with Gasteiger partial charge in [-0.2, -0.15) is 5.26 Å². The third-order valence-electron chi connectivity index (χ3n) is 4.25. The number of hydrogen-bond donors (Lipinski definition) is 1. The summed E-state index contributed by atoms with van der Waals surface area (Å²) in [7, 11) is 0. The van der Waals surface area contributed by atoms with Crippen molar-refractivity contribution >= 4 is 39.1 Å². The highest BCUT2D eigenvalue weighted by atomic mass is 32.2. The quantitative estimate of drug-likeness (QED) is 0.561. The number of nitrogens with two attached hydrogens (primary N) is 1. The Kier molecular flexibility index (Phi) is 4.13. The molecule has 6 heteroatoms. The topological polar surface area (TPSA) is 75.6 Å². The third-order valence-corrected chi connectivity index (χ3v) is 6.35. The number of rotatable bonds is 3. The first-order valence-corrected chi connectivity index (χ1v) is 9.74. The molecule has 2 aromatic heterocycles. The summed E-state index contributed by atoms with van der Waals surface area (Å²) in [4.78, 5) is 11.7. The maximum atomic E-state index is 8.99. The smallest absolute Gasteiger partial charge is 0.191 e. The number of hydrogen-bond acceptors (Lipinski definition) is 6. The average Bonchev–Trinajstić information content (AvgIpc) is 2.99. The highest BCUT2D eigenvalue weighted by Crippen LogP contribution is 2.38. The Balaban J connectivity index is 1.62. The minimum Gasteiger partial charge on any atom is -0.383 e. The Bertz CT molecular complexity index is 956. The lowest BCUT2D eigenvalue weighted by atomic mass is 9.97. The summed E-state index contributed by atoms with van der Waals surface area (Å²) in [5, 5.41) is 10.8. The van der Waals surface area contributed by atoms with Crippen molar-refractivity contribution < 1.29 is 0 Å². The number of fused-ring (bicyclic) bond motifs is 3. The van der Waals surface area contributed by atoms with Crippen LogP contribution in [0.15, 0.2) is 29.4 Å². The van der Waals surface area contributed by atoms with E-state index in [-0.39, 0.29) is 0 Å². The van der Waals surface area contributed by atoms with Crippen LogP contribution in [0.4, 0.5) is 5.82 Å². The van der Waals surface area contributed by atoms with Crippen LogP contribution < -0.4 is 5.73 Å². The molecule has 3 aromatic rings. The van der Waals surface area contributed by atoms with Crippen LogP contribution in [0.3, 0.4) is 0 Å². The van der Waals surface area contributed by atoms with Gasteiger partial charge < -0.3 is 5.73 Å². The van der Waals surface area contributed by atoms with Crippen molar-refractivity contribution in [2.45, 2.75) is 36.6 Å². The molecule has 2 heterocycles. The zero-order valence-corrected chi connectivity index (χ0v) is 14.7. The molecule has 120 valence electrons. The monoisotopic (exact) mass is 352 g/mol. The van der Waals surface area contributed by atoms with E-state index in [0.717, 1.165) is 34.4 Å². The summed E-state index contributed by atoms with van der Waals surface area (Å²) >= 11 is 3.33. The molecule has 0 amide bonds. The fourth-order valence-electron chi connectivity index (χ4n) is 3.11. The second-order valence-electron chi connectivity index (χ2n) is 5.88. The van der Waals surface area contributed by atoms with E-state index >= 15 is 0 Å². The van der Waals surface area contributed by atoms with Gasteiger partial charge in [-0.3, -0.25) is 0 Å². The van der Waals surface area contributed by atoms with Crippen LogP contribution >= 0.6 is 23.1 Å². The molecule has 1 aliphatic carbocycles. The molecule has 0 saturated carbocycles. The van der Waals surface area contributed by atoms with E-state index in [2.05, 4.69) is 11.1 Å². The average molecular weight is 352 g/mol. The van der Waals surface area contributed by atoms with E-state index in [4.69, 9.17) is 16.0 Å². The summed E-state index contributed by atoms with van der Waals surface area (Å²) in [5.74, 6) is 1.33. The van der Waals surface area contributed by atoms with Crippen molar-refractivity contribution in [3.8, 4) is 6.07 Å². The molecule has 0 bridgehead atoms. The van der Waals surface area contributed by atoms with Crippen LogP contribution in [-0.2, 0) is 18.6 Å². The first-order valence-electron chi connectivity index (χ1n) is 7.94. The minimum atomic E-state index is 0.604. The predicted octanol–water partition coefficient (Wildman–Crippen LogP) is 4.32. The molecule has 1 aliphatic rings. The lowest BCUT2D eigenvalue weighted by Crippen LogP contribution is -2.01. The summed E-state index contributed by atoms with van der Waals surface area (Å²) in [6, 6.07) is 9.80. The molecule has 0 radical (unpaired) electrons. The van der Waals surface area contributed by atoms with Crippen molar-refractivity contribution in [1.29, 1.82) is 5.26 Å². The van der Waals surface area contributed by atoms with Crippen molar-refractivity contribution in [3.63, 3.8) is 0 Å². The highest BCUT2D eigenvalue weighted by Gasteiger charge is 2.20. The fourth-order valence-corrected chi connectivity index (χ4v) is 5.23. The van der Waals surface area contributed by atoms with E-state index in [1.54, 1.807) is 23.1 Å². The number of thioether (sulfide) groups is 1. The Hall–Kier alpha value is -2.10. The zero-order chi connectivity index (χ0) is 16.5. The molecule has 2 N–H and O–H groups in total. The van der Waals surface area contributed by atoms with Crippen LogP contribution in [0.2, 0.25) is 0 Å². The van der Waals surface area contributed by atoms with E-state index in [9.17, 15) is 0 Å². The number of thiophene rings is 1. The van der Waals surface area contributed by atoms with Gasteiger partial charge in [0.15, 0.2) is 5.16 Å². The number of benzene rings is 1. The molecule has 0 aliphatic heterocycles. The third kappa shape index (κ3) is 2.85. The van der Waals surface area contributed by atoms with Crippen LogP contribution in [0, 0.1) is 11.3 Å². The molecular formula is C18H16N4S2. The Morgan fingerprint density at radius 3 is 3.00 bits per heavy atom. The van der Waals surface area contributed by atoms with Gasteiger partial charge >= 0.3 is 0 Å². The number of nitrogen functional groups attached to an aromatic ring is 1. The van der Waals surface area contributed by atoms with Crippen LogP contribution in [0.5, 0.6) is 0 Å². The first-order chi connectivity index (χ1) is 11.7. The molecular weight excluding hydrogens is 336 g/mol. The molecule has 4 rings (SSSR count). The highest BCUT2D eigenvalue weighted by molar-refractivity contribution is 7.98. The van der Waals surface area contributed by atoms with Gasteiger partial charge in [-0.15, -0.1) is 11.3 Å². The lowest BCUT2D eigenvalue weighted by molar-refractivity contribution is 0.700. The van der Waals surface area contributed by atoms with E-state index in [1.807, 2.05) is 24.3 Å². The number of nitriles is 1. The Morgan fingerprint density at radius 2 is 2.12 bits per heavy atom. The molecule has 0 fully saturated rings. The maximum absolute atomic E-state index is 8.99. The van der Waals surface area contributed by atoms with E-state index in [1.165, 1.54) is 23.3 Å². The molecule has 0 saturated heterocycles. The van der Waals surface area contributed by atoms with Gasteiger partial charge in [0.1, 0.15) is 10.6 Å². The zero-order valence-electron chi connectivity index (χ0n) is 13.1. The normalized spacial score (nSPS) is 13.6. The molecule has 1 aromatic carbocycles. The molecule has 0 unspecified atom stereocenters. The van der Waals surface area contributed by atoms with Gasteiger partial charge in [0, 0.05) is 10.6 Å². The van der Waals surface area contributed by atoms with Crippen molar-refractivity contribution in [3.05, 3.63) is 45.8 Å². The van der Waals surface area contributed by atoms with Crippen LogP contribution in [0.25, 0.3) is 10.2 Å². The summed E-state index contributed by atoms with van der Waals surface area (Å²) in [6.45, 7) is 0. The van der Waals surface area contributed by atoms with Gasteiger partial charge in [0.05, 0.1) is 17.0 Å². The standard InChI is InChI=1S/C18H16N4S2/c19-9-11-4-3-5-12(8-11)10-23-18-21-16(20)15-13-6-1-2-7-14(13)24-17(15)22-18/h3-5,8H,1-2,6-7,10H2,(H2,20,21,22). The molecule has 0 spiro atoms. The maximum Gasteiger partial charge on any atom is 0.191 e. The van der Waals surface area contributed by atoms with Gasteiger partial charge in [-0.1, -0.05) is 23.9 Å². The first kappa shape index (κ1) is 15.4. The van der Waals surface area contributed by atoms with E-state index in [0.29, 0.717) is 16.5 Å². The molecule has 0 atom stereocenters. The minimum absolute atomic E-state index is 0.604. The molecule has 4 nitrogen and oxygen atoms in total. The summed E-state index contributed by atoms with van der Waals surface area (Å²) in [6.07, 6.45) is 4.71. The number of nitrogens with zero attached hydrogens (tertiary/aromatic N) is 3. The lowest BCUT2D eigenvalue weighted by Gasteiger charge is -2.10. The van der Waals surface area contributed by atoms with Crippen molar-refractivity contribution in [2.24, 2.45) is 0 Å². The van der Waals surface area contributed by atoms with Gasteiger partial charge in [0.25, 0.3) is 0 Å².